The Bertz CT molecular complexity index is 365. The Hall–Kier alpha value is -1.10. The molecule has 0 aliphatic rings. The fraction of sp³-hybridized carbons (Fsp3) is 0.250. The molecular formula is C8H9BrN4. The lowest BCUT2D eigenvalue weighted by atomic mass is 10.6. The van der Waals surface area contributed by atoms with Gasteiger partial charge in [0.1, 0.15) is 0 Å². The molecule has 0 saturated heterocycles. The van der Waals surface area contributed by atoms with Crippen LogP contribution in [0.5, 0.6) is 0 Å². The van der Waals surface area contributed by atoms with Gasteiger partial charge in [-0.05, 0) is 22.0 Å². The summed E-state index contributed by atoms with van der Waals surface area (Å²) in [5, 5.41) is 8.25. The van der Waals surface area contributed by atoms with E-state index in [1.54, 1.807) is 12.4 Å². The summed E-state index contributed by atoms with van der Waals surface area (Å²) in [4.78, 5) is 0. The Balaban J connectivity index is 1.93. The third-order valence-corrected chi connectivity index (χ3v) is 2.13. The van der Waals surface area contributed by atoms with Crippen molar-refractivity contribution in [3.8, 4) is 0 Å². The summed E-state index contributed by atoms with van der Waals surface area (Å²) in [5.74, 6) is 0. The van der Waals surface area contributed by atoms with Gasteiger partial charge in [0.2, 0.25) is 0 Å². The van der Waals surface area contributed by atoms with Gasteiger partial charge in [-0.25, -0.2) is 0 Å². The van der Waals surface area contributed by atoms with Crippen LogP contribution < -0.4 is 0 Å². The molecule has 4 nitrogen and oxygen atoms in total. The van der Waals surface area contributed by atoms with Crippen molar-refractivity contribution in [2.24, 2.45) is 0 Å². The summed E-state index contributed by atoms with van der Waals surface area (Å²) in [6, 6.07) is 1.92. The van der Waals surface area contributed by atoms with Crippen molar-refractivity contribution in [1.82, 2.24) is 19.6 Å². The Morgan fingerprint density at radius 2 is 2.08 bits per heavy atom. The molecule has 0 atom stereocenters. The van der Waals surface area contributed by atoms with Crippen LogP contribution in [0.4, 0.5) is 0 Å². The molecule has 0 aliphatic heterocycles. The van der Waals surface area contributed by atoms with Crippen LogP contribution in [0.15, 0.2) is 35.3 Å². The van der Waals surface area contributed by atoms with E-state index in [-0.39, 0.29) is 0 Å². The average Bonchev–Trinajstić information content (AvgIpc) is 2.71. The smallest absolute Gasteiger partial charge is 0.0632 e. The van der Waals surface area contributed by atoms with Gasteiger partial charge in [0.25, 0.3) is 0 Å². The highest BCUT2D eigenvalue weighted by Gasteiger charge is 1.95. The molecule has 68 valence electrons. The van der Waals surface area contributed by atoms with Crippen molar-refractivity contribution >= 4 is 15.9 Å². The van der Waals surface area contributed by atoms with Crippen LogP contribution >= 0.6 is 15.9 Å². The highest BCUT2D eigenvalue weighted by molar-refractivity contribution is 9.10. The number of hydrogen-bond donors (Lipinski definition) is 0. The summed E-state index contributed by atoms with van der Waals surface area (Å²) in [6.07, 6.45) is 7.45. The standard InChI is InChI=1S/C8H9BrN4/c9-8-6-11-13(7-8)5-4-12-3-1-2-10-12/h1-3,6-7H,4-5H2. The van der Waals surface area contributed by atoms with Crippen molar-refractivity contribution in [2.45, 2.75) is 13.1 Å². The second-order valence-electron chi connectivity index (χ2n) is 2.69. The minimum absolute atomic E-state index is 0.841. The number of aryl methyl sites for hydroxylation is 2. The van der Waals surface area contributed by atoms with Gasteiger partial charge in [-0.1, -0.05) is 0 Å². The first-order chi connectivity index (χ1) is 6.34. The first kappa shape index (κ1) is 8.50. The molecule has 0 amide bonds. The van der Waals surface area contributed by atoms with Gasteiger partial charge >= 0.3 is 0 Å². The molecule has 0 aliphatic carbocycles. The van der Waals surface area contributed by atoms with E-state index in [1.807, 2.05) is 27.8 Å². The van der Waals surface area contributed by atoms with Crippen molar-refractivity contribution in [3.05, 3.63) is 35.3 Å². The lowest BCUT2D eigenvalue weighted by Gasteiger charge is -2.00. The second-order valence-corrected chi connectivity index (χ2v) is 3.61. The second kappa shape index (κ2) is 3.74. The fourth-order valence-electron chi connectivity index (χ4n) is 1.10. The van der Waals surface area contributed by atoms with E-state index in [0.717, 1.165) is 17.6 Å². The molecule has 0 bridgehead atoms. The molecule has 5 heteroatoms. The van der Waals surface area contributed by atoms with E-state index in [1.165, 1.54) is 0 Å². The van der Waals surface area contributed by atoms with Crippen molar-refractivity contribution in [3.63, 3.8) is 0 Å². The molecule has 2 heterocycles. The van der Waals surface area contributed by atoms with Gasteiger partial charge in [-0.3, -0.25) is 9.36 Å². The van der Waals surface area contributed by atoms with Crippen LogP contribution in [-0.4, -0.2) is 19.6 Å². The lowest BCUT2D eigenvalue weighted by Crippen LogP contribution is -2.07. The normalized spacial score (nSPS) is 10.5. The molecule has 0 spiro atoms. The van der Waals surface area contributed by atoms with Crippen molar-refractivity contribution in [2.75, 3.05) is 0 Å². The van der Waals surface area contributed by atoms with Gasteiger partial charge in [0.15, 0.2) is 0 Å². The Kier molecular flexibility index (Phi) is 2.44. The number of rotatable bonds is 3. The molecule has 0 saturated carbocycles. The summed E-state index contributed by atoms with van der Waals surface area (Å²) < 4.78 is 4.77. The van der Waals surface area contributed by atoms with Gasteiger partial charge < -0.3 is 0 Å². The topological polar surface area (TPSA) is 35.6 Å². The summed E-state index contributed by atoms with van der Waals surface area (Å²) in [7, 11) is 0. The van der Waals surface area contributed by atoms with Gasteiger partial charge in [-0.2, -0.15) is 10.2 Å². The highest BCUT2D eigenvalue weighted by atomic mass is 79.9. The van der Waals surface area contributed by atoms with Crippen LogP contribution in [0.1, 0.15) is 0 Å². The number of aromatic nitrogens is 4. The molecule has 0 N–H and O–H groups in total. The van der Waals surface area contributed by atoms with Crippen LogP contribution in [0, 0.1) is 0 Å². The maximum atomic E-state index is 4.14. The molecule has 0 radical (unpaired) electrons. The van der Waals surface area contributed by atoms with Gasteiger partial charge in [-0.15, -0.1) is 0 Å². The van der Waals surface area contributed by atoms with E-state index in [9.17, 15) is 0 Å². The maximum Gasteiger partial charge on any atom is 0.0632 e. The summed E-state index contributed by atoms with van der Waals surface area (Å²) in [6.45, 7) is 1.69. The molecule has 0 aromatic carbocycles. The lowest BCUT2D eigenvalue weighted by molar-refractivity contribution is 0.500. The minimum Gasteiger partial charge on any atom is -0.271 e. The Morgan fingerprint density at radius 3 is 2.69 bits per heavy atom. The van der Waals surface area contributed by atoms with E-state index in [0.29, 0.717) is 0 Å². The zero-order valence-corrected chi connectivity index (χ0v) is 8.55. The average molecular weight is 241 g/mol. The van der Waals surface area contributed by atoms with E-state index in [4.69, 9.17) is 0 Å². The first-order valence-corrected chi connectivity index (χ1v) is 4.79. The molecular weight excluding hydrogens is 232 g/mol. The third kappa shape index (κ3) is 2.18. The molecule has 2 aromatic rings. The number of halogens is 1. The van der Waals surface area contributed by atoms with Crippen molar-refractivity contribution in [1.29, 1.82) is 0 Å². The Morgan fingerprint density at radius 1 is 1.23 bits per heavy atom. The largest absolute Gasteiger partial charge is 0.271 e. The van der Waals surface area contributed by atoms with Crippen LogP contribution in [-0.2, 0) is 13.1 Å². The quantitative estimate of drug-likeness (QED) is 0.817. The molecule has 0 unspecified atom stereocenters. The van der Waals surface area contributed by atoms with E-state index < -0.39 is 0 Å². The minimum atomic E-state index is 0.841. The van der Waals surface area contributed by atoms with Gasteiger partial charge in [0.05, 0.1) is 23.8 Å². The molecule has 0 fully saturated rings. The first-order valence-electron chi connectivity index (χ1n) is 4.00. The van der Waals surface area contributed by atoms with E-state index in [2.05, 4.69) is 26.1 Å². The van der Waals surface area contributed by atoms with Gasteiger partial charge in [0, 0.05) is 18.6 Å². The highest BCUT2D eigenvalue weighted by Crippen LogP contribution is 2.05. The number of hydrogen-bond acceptors (Lipinski definition) is 2. The molecule has 13 heavy (non-hydrogen) atoms. The zero-order chi connectivity index (χ0) is 9.10. The van der Waals surface area contributed by atoms with Crippen LogP contribution in [0.25, 0.3) is 0 Å². The summed E-state index contributed by atoms with van der Waals surface area (Å²) >= 11 is 3.35. The van der Waals surface area contributed by atoms with Crippen molar-refractivity contribution < 1.29 is 0 Å². The van der Waals surface area contributed by atoms with Crippen LogP contribution in [0.2, 0.25) is 0 Å². The SMILES string of the molecule is Brc1cnn(CCn2cccn2)c1. The zero-order valence-electron chi connectivity index (χ0n) is 6.97. The third-order valence-electron chi connectivity index (χ3n) is 1.72. The Labute approximate surface area is 84.3 Å². The molecule has 2 aromatic heterocycles. The fourth-order valence-corrected chi connectivity index (χ4v) is 1.43. The van der Waals surface area contributed by atoms with E-state index >= 15 is 0 Å². The predicted molar refractivity (Wildman–Crippen MR) is 52.2 cm³/mol. The molecule has 2 rings (SSSR count). The maximum absolute atomic E-state index is 4.14. The summed E-state index contributed by atoms with van der Waals surface area (Å²) in [5.41, 5.74) is 0. The monoisotopic (exact) mass is 240 g/mol. The predicted octanol–water partition coefficient (Wildman–Crippen LogP) is 1.54. The number of nitrogens with zero attached hydrogens (tertiary/aromatic N) is 4. The van der Waals surface area contributed by atoms with Crippen LogP contribution in [0.3, 0.4) is 0 Å².